The van der Waals surface area contributed by atoms with Gasteiger partial charge in [0, 0.05) is 6.54 Å². The SMILES string of the molecule is CCCCCCCCNC(=O)NC1(C(=O)O)CCC1. The molecule has 0 aromatic rings. The third-order valence-corrected chi connectivity index (χ3v) is 3.79. The van der Waals surface area contributed by atoms with E-state index in [-0.39, 0.29) is 6.03 Å². The molecular formula is C14H26N2O3. The number of carboxylic acid groups (broad SMARTS) is 1. The Labute approximate surface area is 115 Å². The van der Waals surface area contributed by atoms with E-state index in [9.17, 15) is 9.59 Å². The first-order chi connectivity index (χ1) is 9.10. The van der Waals surface area contributed by atoms with Crippen LogP contribution in [0.15, 0.2) is 0 Å². The van der Waals surface area contributed by atoms with Crippen LogP contribution in [0.5, 0.6) is 0 Å². The van der Waals surface area contributed by atoms with Crippen molar-refractivity contribution in [3.63, 3.8) is 0 Å². The average Bonchev–Trinajstić information content (AvgIpc) is 2.32. The predicted molar refractivity (Wildman–Crippen MR) is 74.1 cm³/mol. The molecule has 0 aromatic heterocycles. The van der Waals surface area contributed by atoms with Crippen molar-refractivity contribution >= 4 is 12.0 Å². The van der Waals surface area contributed by atoms with Crippen molar-refractivity contribution in [3.8, 4) is 0 Å². The van der Waals surface area contributed by atoms with E-state index in [1.807, 2.05) is 0 Å². The molecule has 1 aliphatic rings. The van der Waals surface area contributed by atoms with Gasteiger partial charge in [-0.1, -0.05) is 39.0 Å². The number of hydrogen-bond acceptors (Lipinski definition) is 2. The molecule has 0 radical (unpaired) electrons. The van der Waals surface area contributed by atoms with Crippen LogP contribution in [0, 0.1) is 0 Å². The van der Waals surface area contributed by atoms with E-state index in [1.54, 1.807) is 0 Å². The first-order valence-electron chi connectivity index (χ1n) is 7.40. The second-order valence-electron chi connectivity index (χ2n) is 5.39. The van der Waals surface area contributed by atoms with E-state index in [0.717, 1.165) is 19.3 Å². The largest absolute Gasteiger partial charge is 0.480 e. The van der Waals surface area contributed by atoms with E-state index in [4.69, 9.17) is 5.11 Å². The Morgan fingerprint density at radius 3 is 2.26 bits per heavy atom. The van der Waals surface area contributed by atoms with Gasteiger partial charge in [0.15, 0.2) is 0 Å². The molecule has 0 atom stereocenters. The molecule has 19 heavy (non-hydrogen) atoms. The summed E-state index contributed by atoms with van der Waals surface area (Å²) in [6.45, 7) is 2.80. The standard InChI is InChI=1S/C14H26N2O3/c1-2-3-4-5-6-7-11-15-13(19)16-14(12(17)18)9-8-10-14/h2-11H2,1H3,(H,17,18)(H2,15,16,19). The fraction of sp³-hybridized carbons (Fsp3) is 0.857. The Bertz CT molecular complexity index is 301. The minimum atomic E-state index is -1.01. The van der Waals surface area contributed by atoms with Crippen molar-refractivity contribution in [3.05, 3.63) is 0 Å². The minimum absolute atomic E-state index is 0.351. The van der Waals surface area contributed by atoms with Crippen molar-refractivity contribution in [2.45, 2.75) is 70.3 Å². The molecule has 3 N–H and O–H groups in total. The second-order valence-corrected chi connectivity index (χ2v) is 5.39. The Kier molecular flexibility index (Phi) is 6.67. The van der Waals surface area contributed by atoms with E-state index >= 15 is 0 Å². The summed E-state index contributed by atoms with van der Waals surface area (Å²) in [4.78, 5) is 22.7. The highest BCUT2D eigenvalue weighted by molar-refractivity contribution is 5.87. The third-order valence-electron chi connectivity index (χ3n) is 3.79. The number of rotatable bonds is 9. The number of amides is 2. The molecule has 0 spiro atoms. The van der Waals surface area contributed by atoms with Crippen molar-refractivity contribution in [2.24, 2.45) is 0 Å². The molecule has 0 aromatic carbocycles. The zero-order valence-corrected chi connectivity index (χ0v) is 11.8. The van der Waals surface area contributed by atoms with Crippen LogP contribution >= 0.6 is 0 Å². The highest BCUT2D eigenvalue weighted by Gasteiger charge is 2.45. The van der Waals surface area contributed by atoms with Gasteiger partial charge in [0.25, 0.3) is 0 Å². The number of aliphatic carboxylic acids is 1. The number of unbranched alkanes of at least 4 members (excludes halogenated alkanes) is 5. The summed E-state index contributed by atoms with van der Waals surface area (Å²) in [5.41, 5.74) is -1.01. The molecule has 1 aliphatic carbocycles. The van der Waals surface area contributed by atoms with Crippen molar-refractivity contribution in [1.29, 1.82) is 0 Å². The monoisotopic (exact) mass is 270 g/mol. The van der Waals surface area contributed by atoms with Crippen molar-refractivity contribution in [2.75, 3.05) is 6.54 Å². The van der Waals surface area contributed by atoms with Gasteiger partial charge >= 0.3 is 12.0 Å². The summed E-state index contributed by atoms with van der Waals surface area (Å²) in [6.07, 6.45) is 8.97. The Morgan fingerprint density at radius 1 is 1.11 bits per heavy atom. The van der Waals surface area contributed by atoms with Crippen LogP contribution in [0.4, 0.5) is 4.79 Å². The molecule has 0 unspecified atom stereocenters. The van der Waals surface area contributed by atoms with E-state index in [1.165, 1.54) is 25.7 Å². The summed E-state index contributed by atoms with van der Waals surface area (Å²) in [5.74, 6) is -0.923. The van der Waals surface area contributed by atoms with Gasteiger partial charge in [-0.3, -0.25) is 0 Å². The Balaban J connectivity index is 2.06. The molecule has 5 heteroatoms. The van der Waals surface area contributed by atoms with Crippen LogP contribution in [0.1, 0.15) is 64.7 Å². The minimum Gasteiger partial charge on any atom is -0.480 e. The summed E-state index contributed by atoms with van der Waals surface area (Å²) in [6, 6.07) is -0.351. The molecule has 2 amide bonds. The number of nitrogens with one attached hydrogen (secondary N) is 2. The molecule has 0 saturated heterocycles. The highest BCUT2D eigenvalue weighted by Crippen LogP contribution is 2.31. The molecule has 5 nitrogen and oxygen atoms in total. The number of carbonyl (C=O) groups excluding carboxylic acids is 1. The number of urea groups is 1. The van der Waals surface area contributed by atoms with Gasteiger partial charge in [-0.05, 0) is 25.7 Å². The maximum absolute atomic E-state index is 11.6. The summed E-state index contributed by atoms with van der Waals surface area (Å²) < 4.78 is 0. The van der Waals surface area contributed by atoms with Crippen molar-refractivity contribution < 1.29 is 14.7 Å². The molecule has 1 fully saturated rings. The lowest BCUT2D eigenvalue weighted by Crippen LogP contribution is -2.61. The summed E-state index contributed by atoms with van der Waals surface area (Å²) >= 11 is 0. The van der Waals surface area contributed by atoms with Crippen LogP contribution in [-0.2, 0) is 4.79 Å². The highest BCUT2D eigenvalue weighted by atomic mass is 16.4. The second kappa shape index (κ2) is 8.02. The van der Waals surface area contributed by atoms with Crippen LogP contribution in [-0.4, -0.2) is 29.2 Å². The third kappa shape index (κ3) is 5.09. The molecular weight excluding hydrogens is 244 g/mol. The first kappa shape index (κ1) is 15.8. The van der Waals surface area contributed by atoms with Gasteiger partial charge in [0.1, 0.15) is 5.54 Å². The van der Waals surface area contributed by atoms with E-state index < -0.39 is 11.5 Å². The number of hydrogen-bond donors (Lipinski definition) is 3. The molecule has 1 rings (SSSR count). The van der Waals surface area contributed by atoms with E-state index in [2.05, 4.69) is 17.6 Å². The Morgan fingerprint density at radius 2 is 1.74 bits per heavy atom. The molecule has 0 heterocycles. The van der Waals surface area contributed by atoms with Gasteiger partial charge in [0.2, 0.25) is 0 Å². The van der Waals surface area contributed by atoms with Gasteiger partial charge in [0.05, 0.1) is 0 Å². The van der Waals surface area contributed by atoms with E-state index in [0.29, 0.717) is 19.4 Å². The number of carbonyl (C=O) groups is 2. The normalized spacial score (nSPS) is 16.5. The lowest BCUT2D eigenvalue weighted by atomic mass is 9.77. The summed E-state index contributed by atoms with van der Waals surface area (Å²) in [5, 5.41) is 14.4. The molecule has 0 bridgehead atoms. The van der Waals surface area contributed by atoms with Crippen LogP contribution in [0.2, 0.25) is 0 Å². The average molecular weight is 270 g/mol. The zero-order chi connectivity index (χ0) is 14.1. The van der Waals surface area contributed by atoms with Gasteiger partial charge < -0.3 is 15.7 Å². The predicted octanol–water partition coefficient (Wildman–Crippen LogP) is 2.65. The Hall–Kier alpha value is -1.26. The first-order valence-corrected chi connectivity index (χ1v) is 7.40. The lowest BCUT2D eigenvalue weighted by Gasteiger charge is -2.38. The van der Waals surface area contributed by atoms with Gasteiger partial charge in [-0.15, -0.1) is 0 Å². The summed E-state index contributed by atoms with van der Waals surface area (Å²) in [7, 11) is 0. The van der Waals surface area contributed by atoms with Crippen LogP contribution in [0.25, 0.3) is 0 Å². The van der Waals surface area contributed by atoms with Crippen molar-refractivity contribution in [1.82, 2.24) is 10.6 Å². The van der Waals surface area contributed by atoms with Crippen LogP contribution in [0.3, 0.4) is 0 Å². The lowest BCUT2D eigenvalue weighted by molar-refractivity contribution is -0.148. The zero-order valence-electron chi connectivity index (χ0n) is 11.8. The van der Waals surface area contributed by atoms with Gasteiger partial charge in [-0.2, -0.15) is 0 Å². The smallest absolute Gasteiger partial charge is 0.329 e. The quantitative estimate of drug-likeness (QED) is 0.564. The number of carboxylic acids is 1. The fourth-order valence-corrected chi connectivity index (χ4v) is 2.29. The molecule has 110 valence electrons. The molecule has 1 saturated carbocycles. The van der Waals surface area contributed by atoms with Gasteiger partial charge in [-0.25, -0.2) is 9.59 Å². The topological polar surface area (TPSA) is 78.4 Å². The fourth-order valence-electron chi connectivity index (χ4n) is 2.29. The maximum Gasteiger partial charge on any atom is 0.329 e. The maximum atomic E-state index is 11.6. The molecule has 0 aliphatic heterocycles. The van der Waals surface area contributed by atoms with Crippen LogP contribution < -0.4 is 10.6 Å².